The van der Waals surface area contributed by atoms with Gasteiger partial charge in [-0.1, -0.05) is 20.8 Å². The summed E-state index contributed by atoms with van der Waals surface area (Å²) in [4.78, 5) is 4.62. The minimum Gasteiger partial charge on any atom is -0.399 e. The molecule has 4 nitrogen and oxygen atoms in total. The highest BCUT2D eigenvalue weighted by molar-refractivity contribution is 5.79. The number of rotatable bonds is 4. The predicted molar refractivity (Wildman–Crippen MR) is 74.5 cm³/mol. The van der Waals surface area contributed by atoms with Gasteiger partial charge in [-0.05, 0) is 24.1 Å². The van der Waals surface area contributed by atoms with Crippen molar-refractivity contribution in [2.24, 2.45) is 5.92 Å². The highest BCUT2D eigenvalue weighted by atomic mass is 16.3. The summed E-state index contributed by atoms with van der Waals surface area (Å²) in [6.07, 6.45) is 0.845. The number of aliphatic hydroxyl groups is 1. The molecule has 18 heavy (non-hydrogen) atoms. The third-order valence-electron chi connectivity index (χ3n) is 3.39. The third kappa shape index (κ3) is 2.08. The van der Waals surface area contributed by atoms with Crippen LogP contribution >= 0.6 is 0 Å². The Bertz CT molecular complexity index is 545. The van der Waals surface area contributed by atoms with Gasteiger partial charge in [0, 0.05) is 12.1 Å². The second kappa shape index (κ2) is 4.98. The first-order valence-electron chi connectivity index (χ1n) is 6.45. The maximum absolute atomic E-state index is 9.63. The van der Waals surface area contributed by atoms with Crippen LogP contribution in [0.15, 0.2) is 18.2 Å². The number of aryl methyl sites for hydroxylation is 1. The average Bonchev–Trinajstić information content (AvgIpc) is 2.67. The van der Waals surface area contributed by atoms with E-state index in [9.17, 15) is 5.11 Å². The van der Waals surface area contributed by atoms with E-state index in [0.717, 1.165) is 29.0 Å². The van der Waals surface area contributed by atoms with Crippen molar-refractivity contribution < 1.29 is 5.11 Å². The van der Waals surface area contributed by atoms with Crippen molar-refractivity contribution in [3.8, 4) is 0 Å². The number of aliphatic hydroxyl groups excluding tert-OH is 1. The van der Waals surface area contributed by atoms with Crippen molar-refractivity contribution in [2.75, 3.05) is 12.3 Å². The highest BCUT2D eigenvalue weighted by Gasteiger charge is 2.20. The van der Waals surface area contributed by atoms with Gasteiger partial charge in [-0.25, -0.2) is 4.98 Å². The molecule has 1 heterocycles. The maximum atomic E-state index is 9.63. The van der Waals surface area contributed by atoms with Gasteiger partial charge in [0.15, 0.2) is 0 Å². The van der Waals surface area contributed by atoms with Crippen molar-refractivity contribution in [1.29, 1.82) is 0 Å². The van der Waals surface area contributed by atoms with Crippen molar-refractivity contribution in [3.05, 3.63) is 24.0 Å². The highest BCUT2D eigenvalue weighted by Crippen LogP contribution is 2.27. The van der Waals surface area contributed by atoms with E-state index >= 15 is 0 Å². The van der Waals surface area contributed by atoms with Gasteiger partial charge in [0.1, 0.15) is 5.82 Å². The molecule has 0 aliphatic heterocycles. The van der Waals surface area contributed by atoms with Crippen molar-refractivity contribution in [3.63, 3.8) is 0 Å². The van der Waals surface area contributed by atoms with E-state index in [0.29, 0.717) is 5.92 Å². The Morgan fingerprint density at radius 3 is 2.67 bits per heavy atom. The summed E-state index contributed by atoms with van der Waals surface area (Å²) in [6.45, 7) is 6.43. The normalized spacial score (nSPS) is 13.4. The number of hydrogen-bond acceptors (Lipinski definition) is 3. The van der Waals surface area contributed by atoms with Crippen molar-refractivity contribution >= 4 is 16.7 Å². The minimum atomic E-state index is 0.0635. The lowest BCUT2D eigenvalue weighted by Crippen LogP contribution is -2.21. The summed E-state index contributed by atoms with van der Waals surface area (Å²) in [5.41, 5.74) is 8.47. The number of hydrogen-bond donors (Lipinski definition) is 2. The van der Waals surface area contributed by atoms with Gasteiger partial charge >= 0.3 is 0 Å². The fraction of sp³-hybridized carbons (Fsp3) is 0.500. The number of nitrogens with zero attached hydrogens (tertiary/aromatic N) is 2. The lowest BCUT2D eigenvalue weighted by molar-refractivity contribution is 0.193. The van der Waals surface area contributed by atoms with E-state index in [-0.39, 0.29) is 12.6 Å². The molecule has 98 valence electrons. The number of fused-ring (bicyclic) bond motifs is 1. The number of nitrogens with two attached hydrogens (primary N) is 1. The molecule has 0 saturated carbocycles. The largest absolute Gasteiger partial charge is 0.399 e. The number of imidazole rings is 1. The van der Waals surface area contributed by atoms with Crippen LogP contribution < -0.4 is 5.73 Å². The van der Waals surface area contributed by atoms with Crippen LogP contribution in [0.3, 0.4) is 0 Å². The summed E-state index contributed by atoms with van der Waals surface area (Å²) in [5.74, 6) is 1.36. The molecule has 2 rings (SSSR count). The molecule has 4 heteroatoms. The van der Waals surface area contributed by atoms with E-state index in [1.165, 1.54) is 0 Å². The van der Waals surface area contributed by atoms with E-state index in [1.807, 2.05) is 18.2 Å². The summed E-state index contributed by atoms with van der Waals surface area (Å²) in [5, 5.41) is 9.63. The zero-order valence-corrected chi connectivity index (χ0v) is 11.2. The Kier molecular flexibility index (Phi) is 3.57. The smallest absolute Gasteiger partial charge is 0.109 e. The first kappa shape index (κ1) is 12.9. The molecule has 0 aliphatic rings. The van der Waals surface area contributed by atoms with Gasteiger partial charge < -0.3 is 15.4 Å². The van der Waals surface area contributed by atoms with Crippen LogP contribution in [0.25, 0.3) is 11.0 Å². The lowest BCUT2D eigenvalue weighted by atomic mass is 10.0. The molecule has 0 unspecified atom stereocenters. The van der Waals surface area contributed by atoms with Gasteiger partial charge in [-0.3, -0.25) is 0 Å². The SMILES string of the molecule is CCc1nc2cc(N)ccc2n1[C@@H](CO)C(C)C. The topological polar surface area (TPSA) is 64.1 Å². The van der Waals surface area contributed by atoms with Crippen LogP contribution in [0.2, 0.25) is 0 Å². The number of aromatic nitrogens is 2. The lowest BCUT2D eigenvalue weighted by Gasteiger charge is -2.23. The van der Waals surface area contributed by atoms with Crippen molar-refractivity contribution in [2.45, 2.75) is 33.2 Å². The third-order valence-corrected chi connectivity index (χ3v) is 3.39. The van der Waals surface area contributed by atoms with Crippen molar-refractivity contribution in [1.82, 2.24) is 9.55 Å². The molecule has 0 spiro atoms. The van der Waals surface area contributed by atoms with E-state index < -0.39 is 0 Å². The quantitative estimate of drug-likeness (QED) is 0.815. The summed E-state index contributed by atoms with van der Waals surface area (Å²) >= 11 is 0. The molecule has 0 saturated heterocycles. The zero-order chi connectivity index (χ0) is 13.3. The second-order valence-corrected chi connectivity index (χ2v) is 4.99. The van der Waals surface area contributed by atoms with Crippen LogP contribution in [0, 0.1) is 5.92 Å². The molecule has 2 aromatic rings. The first-order chi connectivity index (χ1) is 8.58. The second-order valence-electron chi connectivity index (χ2n) is 4.99. The molecule has 0 bridgehead atoms. The average molecular weight is 247 g/mol. The van der Waals surface area contributed by atoms with Gasteiger partial charge in [0.25, 0.3) is 0 Å². The molecule has 1 aromatic heterocycles. The molecule has 0 fully saturated rings. The van der Waals surface area contributed by atoms with Crippen LogP contribution in [0.4, 0.5) is 5.69 Å². The van der Waals surface area contributed by atoms with Gasteiger partial charge in [-0.2, -0.15) is 0 Å². The van der Waals surface area contributed by atoms with Crippen LogP contribution in [-0.4, -0.2) is 21.3 Å². The Morgan fingerprint density at radius 1 is 1.39 bits per heavy atom. The fourth-order valence-corrected chi connectivity index (χ4v) is 2.38. The van der Waals surface area contributed by atoms with E-state index in [1.54, 1.807) is 0 Å². The fourth-order valence-electron chi connectivity index (χ4n) is 2.38. The minimum absolute atomic E-state index is 0.0635. The molecular weight excluding hydrogens is 226 g/mol. The van der Waals surface area contributed by atoms with Crippen LogP contribution in [-0.2, 0) is 6.42 Å². The first-order valence-corrected chi connectivity index (χ1v) is 6.45. The van der Waals surface area contributed by atoms with Gasteiger partial charge in [0.2, 0.25) is 0 Å². The number of anilines is 1. The molecule has 0 aliphatic carbocycles. The predicted octanol–water partition coefficient (Wildman–Crippen LogP) is 2.37. The summed E-state index contributed by atoms with van der Waals surface area (Å²) in [7, 11) is 0. The zero-order valence-electron chi connectivity index (χ0n) is 11.2. The molecule has 1 atom stereocenters. The standard InChI is InChI=1S/C14H21N3O/c1-4-14-16-11-7-10(15)5-6-12(11)17(14)13(8-18)9(2)3/h5-7,9,13,18H,4,8,15H2,1-3H3/t13-/m0/s1. The summed E-state index contributed by atoms with van der Waals surface area (Å²) < 4.78 is 2.15. The van der Waals surface area contributed by atoms with Crippen LogP contribution in [0.5, 0.6) is 0 Å². The van der Waals surface area contributed by atoms with E-state index in [4.69, 9.17) is 5.73 Å². The van der Waals surface area contributed by atoms with Gasteiger partial charge in [0.05, 0.1) is 23.7 Å². The number of nitrogen functional groups attached to an aromatic ring is 1. The Hall–Kier alpha value is -1.55. The molecule has 0 radical (unpaired) electrons. The summed E-state index contributed by atoms with van der Waals surface area (Å²) in [6, 6.07) is 5.82. The Labute approximate surface area is 107 Å². The molecule has 0 amide bonds. The number of benzene rings is 1. The molecular formula is C14H21N3O. The maximum Gasteiger partial charge on any atom is 0.109 e. The Morgan fingerprint density at radius 2 is 2.11 bits per heavy atom. The van der Waals surface area contributed by atoms with E-state index in [2.05, 4.69) is 30.3 Å². The monoisotopic (exact) mass is 247 g/mol. The molecule has 1 aromatic carbocycles. The Balaban J connectivity index is 2.66. The van der Waals surface area contributed by atoms with Crippen LogP contribution in [0.1, 0.15) is 32.6 Å². The molecule has 3 N–H and O–H groups in total. The van der Waals surface area contributed by atoms with Gasteiger partial charge in [-0.15, -0.1) is 0 Å².